The summed E-state index contributed by atoms with van der Waals surface area (Å²) in [5, 5.41) is 0. The normalized spacial score (nSPS) is 11.4. The molecule has 0 unspecified atom stereocenters. The zero-order chi connectivity index (χ0) is 31.9. The van der Waals surface area contributed by atoms with Gasteiger partial charge in [-0.2, -0.15) is 0 Å². The molecule has 0 aliphatic rings. The van der Waals surface area contributed by atoms with Gasteiger partial charge in [0.25, 0.3) is 0 Å². The summed E-state index contributed by atoms with van der Waals surface area (Å²) in [5.74, 6) is -0.134. The molecular weight excluding hydrogens is 564 g/mol. The lowest BCUT2D eigenvalue weighted by molar-refractivity contribution is -0.145. The Bertz CT molecular complexity index is 536. The summed E-state index contributed by atoms with van der Waals surface area (Å²) in [6.45, 7) is 12.5. The van der Waals surface area contributed by atoms with Crippen LogP contribution in [0.1, 0.15) is 123 Å². The lowest BCUT2D eigenvalue weighted by Crippen LogP contribution is -2.15. The summed E-state index contributed by atoms with van der Waals surface area (Å²) in [7, 11) is 0. The maximum absolute atomic E-state index is 11.7. The van der Waals surface area contributed by atoms with Gasteiger partial charge in [0.15, 0.2) is 0 Å². The Morgan fingerprint density at radius 1 is 0.318 bits per heavy atom. The topological polar surface area (TPSA) is 90.9 Å². The van der Waals surface area contributed by atoms with Crippen molar-refractivity contribution < 1.29 is 42.7 Å². The number of hydrogen-bond acceptors (Lipinski definition) is 9. The number of esters is 1. The summed E-state index contributed by atoms with van der Waals surface area (Å²) in [5.41, 5.74) is 0. The molecule has 0 amide bonds. The van der Waals surface area contributed by atoms with E-state index in [4.69, 9.17) is 37.9 Å². The predicted molar refractivity (Wildman–Crippen MR) is 177 cm³/mol. The fourth-order valence-electron chi connectivity index (χ4n) is 4.45. The number of rotatable bonds is 39. The molecule has 0 heterocycles. The summed E-state index contributed by atoms with van der Waals surface area (Å²) >= 11 is 0. The van der Waals surface area contributed by atoms with Crippen LogP contribution in [0.3, 0.4) is 0 Å². The summed E-state index contributed by atoms with van der Waals surface area (Å²) < 4.78 is 43.8. The van der Waals surface area contributed by atoms with Crippen molar-refractivity contribution in [3.8, 4) is 0 Å². The lowest BCUT2D eigenvalue weighted by atomic mass is 10.1. The molecule has 44 heavy (non-hydrogen) atoms. The standard InChI is InChI=1S/C35H70O9/c1-3-5-7-9-11-12-13-14-16-18-20-37-21-22-38-23-24-39-25-26-40-27-28-41-29-30-42-31-32-43-33-34-44-35(36)19-17-15-10-8-6-4-2/h3-34H2,1-2H3. The second-order valence-electron chi connectivity index (χ2n) is 11.2. The molecule has 0 saturated carbocycles. The van der Waals surface area contributed by atoms with Gasteiger partial charge >= 0.3 is 5.97 Å². The highest BCUT2D eigenvalue weighted by molar-refractivity contribution is 5.69. The first-order chi connectivity index (χ1) is 21.8. The van der Waals surface area contributed by atoms with Gasteiger partial charge < -0.3 is 37.9 Å². The van der Waals surface area contributed by atoms with Gasteiger partial charge in [0, 0.05) is 13.0 Å². The van der Waals surface area contributed by atoms with Gasteiger partial charge in [-0.3, -0.25) is 4.79 Å². The largest absolute Gasteiger partial charge is 0.463 e. The van der Waals surface area contributed by atoms with Crippen molar-refractivity contribution in [3.05, 3.63) is 0 Å². The van der Waals surface area contributed by atoms with Crippen LogP contribution in [-0.2, 0) is 42.7 Å². The molecular formula is C35H70O9. The van der Waals surface area contributed by atoms with E-state index in [0.717, 1.165) is 25.9 Å². The van der Waals surface area contributed by atoms with Crippen LogP contribution in [0, 0.1) is 0 Å². The molecule has 0 spiro atoms. The second kappa shape index (κ2) is 40.2. The van der Waals surface area contributed by atoms with Gasteiger partial charge in [-0.25, -0.2) is 0 Å². The first-order valence-corrected chi connectivity index (χ1v) is 18.0. The van der Waals surface area contributed by atoms with Gasteiger partial charge in [-0.15, -0.1) is 0 Å². The van der Waals surface area contributed by atoms with Crippen LogP contribution >= 0.6 is 0 Å². The number of hydrogen-bond donors (Lipinski definition) is 0. The van der Waals surface area contributed by atoms with E-state index in [0.29, 0.717) is 98.9 Å². The van der Waals surface area contributed by atoms with E-state index in [1.54, 1.807) is 0 Å². The molecule has 0 rings (SSSR count). The summed E-state index contributed by atoms with van der Waals surface area (Å²) in [6, 6.07) is 0. The Morgan fingerprint density at radius 2 is 0.591 bits per heavy atom. The van der Waals surface area contributed by atoms with E-state index >= 15 is 0 Å². The Morgan fingerprint density at radius 3 is 0.955 bits per heavy atom. The Hall–Kier alpha value is -0.810. The molecule has 0 aromatic heterocycles. The van der Waals surface area contributed by atoms with Gasteiger partial charge in [-0.05, 0) is 12.8 Å². The molecule has 0 aromatic carbocycles. The zero-order valence-corrected chi connectivity index (χ0v) is 28.8. The van der Waals surface area contributed by atoms with Crippen molar-refractivity contribution in [2.75, 3.05) is 99.1 Å². The van der Waals surface area contributed by atoms with E-state index in [-0.39, 0.29) is 5.97 Å². The minimum Gasteiger partial charge on any atom is -0.463 e. The van der Waals surface area contributed by atoms with Crippen LogP contribution in [0.4, 0.5) is 0 Å². The number of ether oxygens (including phenoxy) is 8. The SMILES string of the molecule is CCCCCCCCCCCCOCCOCCOCCOCCOCCOCCOCCOC(=O)CCCCCCCC. The molecule has 264 valence electrons. The highest BCUT2D eigenvalue weighted by Crippen LogP contribution is 2.10. The van der Waals surface area contributed by atoms with Gasteiger partial charge in [0.05, 0.1) is 85.9 Å². The molecule has 0 N–H and O–H groups in total. The van der Waals surface area contributed by atoms with Gasteiger partial charge in [0.1, 0.15) is 6.61 Å². The summed E-state index contributed by atoms with van der Waals surface area (Å²) in [4.78, 5) is 11.7. The Balaban J connectivity index is 3.09. The molecule has 0 aliphatic carbocycles. The second-order valence-corrected chi connectivity index (χ2v) is 11.2. The van der Waals surface area contributed by atoms with E-state index in [1.165, 1.54) is 83.5 Å². The molecule has 0 radical (unpaired) electrons. The molecule has 0 fully saturated rings. The molecule has 9 heteroatoms. The van der Waals surface area contributed by atoms with Crippen molar-refractivity contribution in [2.24, 2.45) is 0 Å². The number of unbranched alkanes of at least 4 members (excludes halogenated alkanes) is 14. The van der Waals surface area contributed by atoms with Crippen LogP contribution in [-0.4, -0.2) is 105 Å². The molecule has 9 nitrogen and oxygen atoms in total. The lowest BCUT2D eigenvalue weighted by Gasteiger charge is -2.09. The average molecular weight is 635 g/mol. The fraction of sp³-hybridized carbons (Fsp3) is 0.971. The van der Waals surface area contributed by atoms with Crippen molar-refractivity contribution in [1.82, 2.24) is 0 Å². The minimum absolute atomic E-state index is 0.134. The smallest absolute Gasteiger partial charge is 0.305 e. The third-order valence-electron chi connectivity index (χ3n) is 7.10. The Labute approximate surface area is 270 Å². The molecule has 0 bridgehead atoms. The fourth-order valence-corrected chi connectivity index (χ4v) is 4.45. The summed E-state index contributed by atoms with van der Waals surface area (Å²) in [6.07, 6.45) is 20.9. The predicted octanol–water partition coefficient (Wildman–Crippen LogP) is 7.32. The van der Waals surface area contributed by atoms with Crippen LogP contribution in [0.2, 0.25) is 0 Å². The van der Waals surface area contributed by atoms with E-state index in [2.05, 4.69) is 13.8 Å². The van der Waals surface area contributed by atoms with Crippen LogP contribution in [0.15, 0.2) is 0 Å². The van der Waals surface area contributed by atoms with Crippen molar-refractivity contribution in [1.29, 1.82) is 0 Å². The third kappa shape index (κ3) is 39.2. The van der Waals surface area contributed by atoms with E-state index in [9.17, 15) is 4.79 Å². The first kappa shape index (κ1) is 43.2. The highest BCUT2D eigenvalue weighted by Gasteiger charge is 2.02. The van der Waals surface area contributed by atoms with Crippen LogP contribution < -0.4 is 0 Å². The quantitative estimate of drug-likeness (QED) is 0.0510. The maximum atomic E-state index is 11.7. The van der Waals surface area contributed by atoms with Gasteiger partial charge in [-0.1, -0.05) is 104 Å². The highest BCUT2D eigenvalue weighted by atomic mass is 16.6. The monoisotopic (exact) mass is 635 g/mol. The third-order valence-corrected chi connectivity index (χ3v) is 7.10. The van der Waals surface area contributed by atoms with Crippen molar-refractivity contribution in [2.45, 2.75) is 123 Å². The zero-order valence-electron chi connectivity index (χ0n) is 28.8. The molecule has 0 atom stereocenters. The van der Waals surface area contributed by atoms with Crippen LogP contribution in [0.25, 0.3) is 0 Å². The van der Waals surface area contributed by atoms with Crippen LogP contribution in [0.5, 0.6) is 0 Å². The van der Waals surface area contributed by atoms with Crippen molar-refractivity contribution >= 4 is 5.97 Å². The number of carbonyl (C=O) groups excluding carboxylic acids is 1. The number of carbonyl (C=O) groups is 1. The minimum atomic E-state index is -0.134. The van der Waals surface area contributed by atoms with E-state index in [1.807, 2.05) is 0 Å². The first-order valence-electron chi connectivity index (χ1n) is 18.0. The van der Waals surface area contributed by atoms with Gasteiger partial charge in [0.2, 0.25) is 0 Å². The maximum Gasteiger partial charge on any atom is 0.305 e. The van der Waals surface area contributed by atoms with E-state index < -0.39 is 0 Å². The molecule has 0 aromatic rings. The molecule has 0 saturated heterocycles. The van der Waals surface area contributed by atoms with Crippen molar-refractivity contribution in [3.63, 3.8) is 0 Å². The Kier molecular flexibility index (Phi) is 39.5. The molecule has 0 aliphatic heterocycles. The average Bonchev–Trinajstić information content (AvgIpc) is 3.03.